The molecule has 1 aliphatic rings. The summed E-state index contributed by atoms with van der Waals surface area (Å²) in [5.41, 5.74) is 0. The summed E-state index contributed by atoms with van der Waals surface area (Å²) in [6.45, 7) is 3.45. The van der Waals surface area contributed by atoms with Crippen LogP contribution in [-0.2, 0) is 4.79 Å². The number of nitrogens with one attached hydrogen (secondary N) is 2. The summed E-state index contributed by atoms with van der Waals surface area (Å²) in [4.78, 5) is 11.4. The van der Waals surface area contributed by atoms with Crippen LogP contribution in [0.2, 0.25) is 0 Å². The van der Waals surface area contributed by atoms with E-state index in [4.69, 9.17) is 0 Å². The van der Waals surface area contributed by atoms with Crippen molar-refractivity contribution in [3.05, 3.63) is 0 Å². The van der Waals surface area contributed by atoms with E-state index in [1.807, 2.05) is 0 Å². The molecule has 3 nitrogen and oxygen atoms in total. The van der Waals surface area contributed by atoms with Crippen LogP contribution < -0.4 is 10.6 Å². The lowest BCUT2D eigenvalue weighted by molar-refractivity contribution is -0.120. The average molecular weight is 212 g/mol. The third kappa shape index (κ3) is 5.78. The zero-order valence-corrected chi connectivity index (χ0v) is 9.85. The summed E-state index contributed by atoms with van der Waals surface area (Å²) in [5, 5.41) is 6.26. The van der Waals surface area contributed by atoms with Gasteiger partial charge in [-0.1, -0.05) is 32.6 Å². The predicted molar refractivity (Wildman–Crippen MR) is 62.8 cm³/mol. The molecular weight excluding hydrogens is 188 g/mol. The molecule has 0 bridgehead atoms. The van der Waals surface area contributed by atoms with E-state index >= 15 is 0 Å². The van der Waals surface area contributed by atoms with Crippen LogP contribution in [0.25, 0.3) is 0 Å². The third-order valence-electron chi connectivity index (χ3n) is 3.01. The quantitative estimate of drug-likeness (QED) is 0.659. The van der Waals surface area contributed by atoms with Gasteiger partial charge in [0.1, 0.15) is 0 Å². The highest BCUT2D eigenvalue weighted by molar-refractivity contribution is 5.77. The molecule has 1 saturated carbocycles. The molecule has 2 N–H and O–H groups in total. The van der Waals surface area contributed by atoms with Gasteiger partial charge in [-0.25, -0.2) is 0 Å². The summed E-state index contributed by atoms with van der Waals surface area (Å²) in [6, 6.07) is 0.579. The van der Waals surface area contributed by atoms with E-state index in [-0.39, 0.29) is 5.91 Å². The Labute approximate surface area is 93.0 Å². The molecule has 0 atom stereocenters. The summed E-state index contributed by atoms with van der Waals surface area (Å²) >= 11 is 0. The zero-order valence-electron chi connectivity index (χ0n) is 9.85. The van der Waals surface area contributed by atoms with Crippen molar-refractivity contribution in [1.82, 2.24) is 10.6 Å². The Morgan fingerprint density at radius 1 is 1.27 bits per heavy atom. The molecule has 0 aromatic rings. The van der Waals surface area contributed by atoms with Crippen molar-refractivity contribution in [2.24, 2.45) is 0 Å². The molecule has 0 heterocycles. The average Bonchev–Trinajstić information content (AvgIpc) is 2.28. The van der Waals surface area contributed by atoms with Crippen LogP contribution in [0.15, 0.2) is 0 Å². The number of amides is 1. The van der Waals surface area contributed by atoms with E-state index in [9.17, 15) is 4.79 Å². The zero-order chi connectivity index (χ0) is 10.9. The van der Waals surface area contributed by atoms with Crippen LogP contribution >= 0.6 is 0 Å². The second-order valence-corrected chi connectivity index (χ2v) is 4.42. The number of hydrogen-bond acceptors (Lipinski definition) is 2. The first-order valence-corrected chi connectivity index (χ1v) is 6.33. The van der Waals surface area contributed by atoms with Crippen LogP contribution in [0.3, 0.4) is 0 Å². The van der Waals surface area contributed by atoms with E-state index < -0.39 is 0 Å². The molecule has 0 aliphatic heterocycles. The topological polar surface area (TPSA) is 41.1 Å². The highest BCUT2D eigenvalue weighted by Crippen LogP contribution is 2.16. The highest BCUT2D eigenvalue weighted by atomic mass is 16.1. The van der Waals surface area contributed by atoms with Crippen LogP contribution in [0, 0.1) is 0 Å². The van der Waals surface area contributed by atoms with Crippen molar-refractivity contribution in [3.8, 4) is 0 Å². The third-order valence-corrected chi connectivity index (χ3v) is 3.01. The number of carbonyl (C=O) groups excluding carboxylic acids is 1. The van der Waals surface area contributed by atoms with E-state index in [0.29, 0.717) is 12.6 Å². The Kier molecular flexibility index (Phi) is 6.41. The van der Waals surface area contributed by atoms with E-state index in [2.05, 4.69) is 17.6 Å². The second-order valence-electron chi connectivity index (χ2n) is 4.42. The van der Waals surface area contributed by atoms with Crippen molar-refractivity contribution in [3.63, 3.8) is 0 Å². The number of rotatable bonds is 6. The van der Waals surface area contributed by atoms with E-state index in [1.54, 1.807) is 0 Å². The molecule has 0 saturated heterocycles. The van der Waals surface area contributed by atoms with Crippen molar-refractivity contribution >= 4 is 5.91 Å². The first kappa shape index (κ1) is 12.5. The fraction of sp³-hybridized carbons (Fsp3) is 0.917. The molecule has 1 fully saturated rings. The fourth-order valence-corrected chi connectivity index (χ4v) is 2.01. The largest absolute Gasteiger partial charge is 0.355 e. The molecule has 15 heavy (non-hydrogen) atoms. The molecule has 1 aliphatic carbocycles. The lowest BCUT2D eigenvalue weighted by Crippen LogP contribution is -2.40. The van der Waals surface area contributed by atoms with Crippen LogP contribution in [-0.4, -0.2) is 25.0 Å². The molecule has 0 spiro atoms. The highest BCUT2D eigenvalue weighted by Gasteiger charge is 2.13. The molecule has 0 aromatic heterocycles. The maximum Gasteiger partial charge on any atom is 0.233 e. The minimum Gasteiger partial charge on any atom is -0.355 e. The van der Waals surface area contributed by atoms with Gasteiger partial charge in [0, 0.05) is 12.6 Å². The first-order chi connectivity index (χ1) is 7.33. The molecular formula is C12H24N2O. The van der Waals surface area contributed by atoms with Gasteiger partial charge in [0.2, 0.25) is 5.91 Å². The van der Waals surface area contributed by atoms with Crippen molar-refractivity contribution in [2.75, 3.05) is 13.1 Å². The standard InChI is InChI=1S/C12H24N2O/c1-2-3-9-13-12(15)10-14-11-7-5-4-6-8-11/h11,14H,2-10H2,1H3,(H,13,15). The van der Waals surface area contributed by atoms with Gasteiger partial charge in [-0.3, -0.25) is 4.79 Å². The molecule has 1 amide bonds. The van der Waals surface area contributed by atoms with Gasteiger partial charge < -0.3 is 10.6 Å². The smallest absolute Gasteiger partial charge is 0.233 e. The molecule has 0 unspecified atom stereocenters. The predicted octanol–water partition coefficient (Wildman–Crippen LogP) is 1.82. The Balaban J connectivity index is 2.00. The van der Waals surface area contributed by atoms with Gasteiger partial charge in [0.15, 0.2) is 0 Å². The monoisotopic (exact) mass is 212 g/mol. The Bertz CT molecular complexity index is 176. The molecule has 0 aromatic carbocycles. The first-order valence-electron chi connectivity index (χ1n) is 6.33. The van der Waals surface area contributed by atoms with Crippen LogP contribution in [0.4, 0.5) is 0 Å². The van der Waals surface area contributed by atoms with E-state index in [0.717, 1.165) is 19.4 Å². The maximum absolute atomic E-state index is 11.4. The lowest BCUT2D eigenvalue weighted by Gasteiger charge is -2.22. The van der Waals surface area contributed by atoms with Crippen molar-refractivity contribution in [1.29, 1.82) is 0 Å². The van der Waals surface area contributed by atoms with Gasteiger partial charge in [-0.15, -0.1) is 0 Å². The summed E-state index contributed by atoms with van der Waals surface area (Å²) in [7, 11) is 0. The molecule has 1 rings (SSSR count). The Morgan fingerprint density at radius 2 is 2.00 bits per heavy atom. The molecule has 0 radical (unpaired) electrons. The lowest BCUT2D eigenvalue weighted by atomic mass is 9.95. The summed E-state index contributed by atoms with van der Waals surface area (Å²) < 4.78 is 0. The second kappa shape index (κ2) is 7.69. The Hall–Kier alpha value is -0.570. The van der Waals surface area contributed by atoms with Gasteiger partial charge in [-0.2, -0.15) is 0 Å². The minimum absolute atomic E-state index is 0.147. The van der Waals surface area contributed by atoms with Gasteiger partial charge in [0.25, 0.3) is 0 Å². The normalized spacial score (nSPS) is 17.7. The number of unbranched alkanes of at least 4 members (excludes halogenated alkanes) is 1. The van der Waals surface area contributed by atoms with Gasteiger partial charge in [0.05, 0.1) is 6.54 Å². The maximum atomic E-state index is 11.4. The number of hydrogen-bond donors (Lipinski definition) is 2. The molecule has 88 valence electrons. The van der Waals surface area contributed by atoms with Gasteiger partial charge in [-0.05, 0) is 19.3 Å². The van der Waals surface area contributed by atoms with Gasteiger partial charge >= 0.3 is 0 Å². The SMILES string of the molecule is CCCCNC(=O)CNC1CCCCC1. The van der Waals surface area contributed by atoms with Crippen LogP contribution in [0.5, 0.6) is 0 Å². The summed E-state index contributed by atoms with van der Waals surface area (Å²) in [6.07, 6.45) is 8.68. The number of carbonyl (C=O) groups is 1. The Morgan fingerprint density at radius 3 is 2.67 bits per heavy atom. The van der Waals surface area contributed by atoms with Crippen molar-refractivity contribution in [2.45, 2.75) is 57.9 Å². The van der Waals surface area contributed by atoms with Crippen LogP contribution in [0.1, 0.15) is 51.9 Å². The molecule has 3 heteroatoms. The van der Waals surface area contributed by atoms with E-state index in [1.165, 1.54) is 32.1 Å². The van der Waals surface area contributed by atoms with Crippen molar-refractivity contribution < 1.29 is 4.79 Å². The summed E-state index contributed by atoms with van der Waals surface area (Å²) in [5.74, 6) is 0.147. The minimum atomic E-state index is 0.147. The fourth-order valence-electron chi connectivity index (χ4n) is 2.01.